The van der Waals surface area contributed by atoms with Crippen LogP contribution in [0.5, 0.6) is 0 Å². The van der Waals surface area contributed by atoms with E-state index in [1.54, 1.807) is 0 Å². The summed E-state index contributed by atoms with van der Waals surface area (Å²) < 4.78 is 5.31. The number of ether oxygens (including phenoxy) is 1. The van der Waals surface area contributed by atoms with Crippen molar-refractivity contribution in [3.05, 3.63) is 71.8 Å². The van der Waals surface area contributed by atoms with Crippen LogP contribution >= 0.6 is 0 Å². The van der Waals surface area contributed by atoms with Crippen molar-refractivity contribution < 1.29 is 9.53 Å². The molecule has 1 atom stereocenters. The molecule has 25 heavy (non-hydrogen) atoms. The summed E-state index contributed by atoms with van der Waals surface area (Å²) in [5.41, 5.74) is 1.89. The van der Waals surface area contributed by atoms with Gasteiger partial charge in [-0.05, 0) is 38.8 Å². The summed E-state index contributed by atoms with van der Waals surface area (Å²) in [6, 6.07) is 20.6. The standard InChI is InChI=1S/C21H28N2O2/c1-16(23-20(24)25-21(2,3)4)15-22-19(17-11-7-5-8-12-17)18-13-9-6-10-14-18/h5-14,16,19,22H,15H2,1-4H3,(H,23,24)/t16-/m0/s1. The summed E-state index contributed by atoms with van der Waals surface area (Å²) in [6.45, 7) is 8.17. The quantitative estimate of drug-likeness (QED) is 0.825. The molecule has 0 bridgehead atoms. The Balaban J connectivity index is 2.00. The number of alkyl carbamates (subject to hydrolysis) is 1. The number of carbonyl (C=O) groups excluding carboxylic acids is 1. The molecule has 0 heterocycles. The minimum Gasteiger partial charge on any atom is -0.444 e. The van der Waals surface area contributed by atoms with Crippen LogP contribution in [0.15, 0.2) is 60.7 Å². The van der Waals surface area contributed by atoms with Crippen LogP contribution in [-0.4, -0.2) is 24.3 Å². The second kappa shape index (κ2) is 8.67. The summed E-state index contributed by atoms with van der Waals surface area (Å²) in [7, 11) is 0. The van der Waals surface area contributed by atoms with E-state index in [0.29, 0.717) is 6.54 Å². The molecule has 0 spiro atoms. The summed E-state index contributed by atoms with van der Waals surface area (Å²) in [4.78, 5) is 11.9. The van der Waals surface area contributed by atoms with Gasteiger partial charge >= 0.3 is 6.09 Å². The maximum absolute atomic E-state index is 11.9. The lowest BCUT2D eigenvalue weighted by Gasteiger charge is -2.24. The van der Waals surface area contributed by atoms with E-state index < -0.39 is 11.7 Å². The van der Waals surface area contributed by atoms with Gasteiger partial charge in [0.05, 0.1) is 6.04 Å². The first kappa shape index (κ1) is 19.0. The molecule has 134 valence electrons. The molecule has 0 aliphatic carbocycles. The molecule has 2 N–H and O–H groups in total. The van der Waals surface area contributed by atoms with Gasteiger partial charge in [0.1, 0.15) is 5.60 Å². The van der Waals surface area contributed by atoms with Crippen molar-refractivity contribution in [3.8, 4) is 0 Å². The third kappa shape index (κ3) is 6.59. The minimum atomic E-state index is -0.492. The molecule has 0 saturated heterocycles. The van der Waals surface area contributed by atoms with E-state index in [0.717, 1.165) is 0 Å². The normalized spacial score (nSPS) is 12.7. The molecule has 2 rings (SSSR count). The Kier molecular flexibility index (Phi) is 6.59. The average molecular weight is 340 g/mol. The van der Waals surface area contributed by atoms with Gasteiger partial charge < -0.3 is 15.4 Å². The van der Waals surface area contributed by atoms with Crippen LogP contribution in [0.4, 0.5) is 4.79 Å². The second-order valence-corrected chi connectivity index (χ2v) is 7.21. The van der Waals surface area contributed by atoms with Gasteiger partial charge in [-0.2, -0.15) is 0 Å². The Labute approximate surface area is 150 Å². The highest BCUT2D eigenvalue weighted by molar-refractivity contribution is 5.68. The second-order valence-electron chi connectivity index (χ2n) is 7.21. The van der Waals surface area contributed by atoms with Crippen molar-refractivity contribution in [2.75, 3.05) is 6.54 Å². The fourth-order valence-electron chi connectivity index (χ4n) is 2.57. The van der Waals surface area contributed by atoms with Crippen molar-refractivity contribution in [1.82, 2.24) is 10.6 Å². The third-order valence-electron chi connectivity index (χ3n) is 3.66. The van der Waals surface area contributed by atoms with Crippen LogP contribution in [-0.2, 0) is 4.74 Å². The van der Waals surface area contributed by atoms with E-state index in [-0.39, 0.29) is 12.1 Å². The maximum atomic E-state index is 11.9. The van der Waals surface area contributed by atoms with Gasteiger partial charge in [-0.25, -0.2) is 4.79 Å². The Hall–Kier alpha value is -2.33. The lowest BCUT2D eigenvalue weighted by atomic mass is 9.98. The summed E-state index contributed by atoms with van der Waals surface area (Å²) in [6.07, 6.45) is -0.391. The average Bonchev–Trinajstić information content (AvgIpc) is 2.55. The van der Waals surface area contributed by atoms with Crippen LogP contribution in [0.2, 0.25) is 0 Å². The highest BCUT2D eigenvalue weighted by atomic mass is 16.6. The molecular weight excluding hydrogens is 312 g/mol. The van der Waals surface area contributed by atoms with E-state index in [9.17, 15) is 4.79 Å². The Bertz CT molecular complexity index is 611. The highest BCUT2D eigenvalue weighted by Gasteiger charge is 2.19. The molecule has 2 aromatic rings. The number of nitrogens with one attached hydrogen (secondary N) is 2. The number of hydrogen-bond donors (Lipinski definition) is 2. The van der Waals surface area contributed by atoms with Gasteiger partial charge in [-0.1, -0.05) is 60.7 Å². The first-order valence-electron chi connectivity index (χ1n) is 8.68. The van der Waals surface area contributed by atoms with Crippen molar-refractivity contribution >= 4 is 6.09 Å². The summed E-state index contributed by atoms with van der Waals surface area (Å²) in [5, 5.41) is 6.42. The SMILES string of the molecule is C[C@@H](CNC(c1ccccc1)c1ccccc1)NC(=O)OC(C)(C)C. The van der Waals surface area contributed by atoms with Crippen LogP contribution in [0, 0.1) is 0 Å². The van der Waals surface area contributed by atoms with E-state index in [2.05, 4.69) is 34.9 Å². The van der Waals surface area contributed by atoms with Crippen LogP contribution in [0.1, 0.15) is 44.9 Å². The lowest BCUT2D eigenvalue weighted by molar-refractivity contribution is 0.0508. The smallest absolute Gasteiger partial charge is 0.407 e. The molecule has 1 amide bonds. The van der Waals surface area contributed by atoms with E-state index in [4.69, 9.17) is 4.74 Å². The molecule has 0 unspecified atom stereocenters. The van der Waals surface area contributed by atoms with Crippen LogP contribution in [0.3, 0.4) is 0 Å². The Morgan fingerprint density at radius 1 is 0.960 bits per heavy atom. The van der Waals surface area contributed by atoms with Crippen molar-refractivity contribution in [1.29, 1.82) is 0 Å². The van der Waals surface area contributed by atoms with Gasteiger partial charge in [0, 0.05) is 12.6 Å². The summed E-state index contributed by atoms with van der Waals surface area (Å²) >= 11 is 0. The number of carbonyl (C=O) groups is 1. The topological polar surface area (TPSA) is 50.4 Å². The molecule has 0 saturated carbocycles. The molecule has 0 aliphatic rings. The Morgan fingerprint density at radius 3 is 1.88 bits per heavy atom. The zero-order valence-electron chi connectivity index (χ0n) is 15.5. The number of benzene rings is 2. The van der Waals surface area contributed by atoms with Crippen molar-refractivity contribution in [3.63, 3.8) is 0 Å². The van der Waals surface area contributed by atoms with Gasteiger partial charge in [0.15, 0.2) is 0 Å². The Morgan fingerprint density at radius 2 is 1.44 bits per heavy atom. The monoisotopic (exact) mass is 340 g/mol. The van der Waals surface area contributed by atoms with Crippen LogP contribution < -0.4 is 10.6 Å². The van der Waals surface area contributed by atoms with Gasteiger partial charge in [-0.15, -0.1) is 0 Å². The number of hydrogen-bond acceptors (Lipinski definition) is 3. The van der Waals surface area contributed by atoms with Crippen molar-refractivity contribution in [2.45, 2.75) is 45.4 Å². The number of rotatable bonds is 6. The van der Waals surface area contributed by atoms with Crippen LogP contribution in [0.25, 0.3) is 0 Å². The van der Waals surface area contributed by atoms with E-state index in [1.807, 2.05) is 64.1 Å². The minimum absolute atomic E-state index is 0.0511. The zero-order valence-corrected chi connectivity index (χ0v) is 15.5. The molecule has 0 fully saturated rings. The molecule has 2 aromatic carbocycles. The molecular formula is C21H28N2O2. The first-order chi connectivity index (χ1) is 11.8. The number of amides is 1. The molecule has 0 radical (unpaired) electrons. The summed E-state index contributed by atoms with van der Waals surface area (Å²) in [5.74, 6) is 0. The van der Waals surface area contributed by atoms with E-state index in [1.165, 1.54) is 11.1 Å². The van der Waals surface area contributed by atoms with Gasteiger partial charge in [0.2, 0.25) is 0 Å². The molecule has 4 nitrogen and oxygen atoms in total. The van der Waals surface area contributed by atoms with Gasteiger partial charge in [0.25, 0.3) is 0 Å². The molecule has 0 aromatic heterocycles. The highest BCUT2D eigenvalue weighted by Crippen LogP contribution is 2.21. The molecule has 4 heteroatoms. The first-order valence-corrected chi connectivity index (χ1v) is 8.68. The van der Waals surface area contributed by atoms with Gasteiger partial charge in [-0.3, -0.25) is 0 Å². The molecule has 0 aliphatic heterocycles. The maximum Gasteiger partial charge on any atom is 0.407 e. The lowest BCUT2D eigenvalue weighted by Crippen LogP contribution is -2.43. The predicted octanol–water partition coefficient (Wildman–Crippen LogP) is 4.28. The largest absolute Gasteiger partial charge is 0.444 e. The fourth-order valence-corrected chi connectivity index (χ4v) is 2.57. The zero-order chi connectivity index (χ0) is 18.3. The van der Waals surface area contributed by atoms with E-state index >= 15 is 0 Å². The fraction of sp³-hybridized carbons (Fsp3) is 0.381. The predicted molar refractivity (Wildman–Crippen MR) is 102 cm³/mol. The van der Waals surface area contributed by atoms with Crippen molar-refractivity contribution in [2.24, 2.45) is 0 Å². The third-order valence-corrected chi connectivity index (χ3v) is 3.66.